The Balaban J connectivity index is 1.95. The van der Waals surface area contributed by atoms with Crippen LogP contribution in [-0.4, -0.2) is 39.4 Å². The first kappa shape index (κ1) is 21.0. The van der Waals surface area contributed by atoms with Gasteiger partial charge in [-0.25, -0.2) is 5.43 Å². The Labute approximate surface area is 167 Å². The van der Waals surface area contributed by atoms with Crippen molar-refractivity contribution in [3.05, 3.63) is 52.5 Å². The monoisotopic (exact) mass is 405 g/mol. The summed E-state index contributed by atoms with van der Waals surface area (Å²) in [5, 5.41) is 6.87. The van der Waals surface area contributed by atoms with Gasteiger partial charge in [-0.2, -0.15) is 5.10 Å². The fourth-order valence-electron chi connectivity index (χ4n) is 2.26. The molecule has 0 aliphatic rings. The number of carbonyl (C=O) groups is 2. The highest BCUT2D eigenvalue weighted by Gasteiger charge is 2.14. The lowest BCUT2D eigenvalue weighted by Crippen LogP contribution is -2.37. The van der Waals surface area contributed by atoms with Crippen molar-refractivity contribution < 1.29 is 23.8 Å². The fraction of sp³-hybridized carbons (Fsp3) is 0.211. The SMILES string of the molecule is COc1cc(/C=N\NC(=O)C(=O)NCc2ccc(Cl)cc2)cc(OC)c1OC. The van der Waals surface area contributed by atoms with Crippen LogP contribution in [0.25, 0.3) is 0 Å². The maximum atomic E-state index is 11.8. The molecule has 0 saturated carbocycles. The molecule has 0 radical (unpaired) electrons. The number of halogens is 1. The largest absolute Gasteiger partial charge is 0.493 e. The average Bonchev–Trinajstić information content (AvgIpc) is 2.72. The summed E-state index contributed by atoms with van der Waals surface area (Å²) in [6.07, 6.45) is 1.36. The van der Waals surface area contributed by atoms with Crippen LogP contribution in [0, 0.1) is 0 Å². The minimum Gasteiger partial charge on any atom is -0.493 e. The van der Waals surface area contributed by atoms with Crippen molar-refractivity contribution in [1.29, 1.82) is 0 Å². The maximum absolute atomic E-state index is 11.8. The van der Waals surface area contributed by atoms with Crippen molar-refractivity contribution in [3.8, 4) is 17.2 Å². The highest BCUT2D eigenvalue weighted by molar-refractivity contribution is 6.35. The van der Waals surface area contributed by atoms with Crippen LogP contribution in [-0.2, 0) is 16.1 Å². The van der Waals surface area contributed by atoms with E-state index in [4.69, 9.17) is 25.8 Å². The molecule has 0 spiro atoms. The number of ether oxygens (including phenoxy) is 3. The number of carbonyl (C=O) groups excluding carboxylic acids is 2. The Morgan fingerprint density at radius 1 is 1.00 bits per heavy atom. The standard InChI is InChI=1S/C19H20ClN3O5/c1-26-15-8-13(9-16(27-2)17(15)28-3)11-22-23-19(25)18(24)21-10-12-4-6-14(20)7-5-12/h4-9,11H,10H2,1-3H3,(H,21,24)(H,23,25)/b22-11-. The summed E-state index contributed by atoms with van der Waals surface area (Å²) in [6, 6.07) is 10.2. The quantitative estimate of drug-likeness (QED) is 0.418. The number of rotatable bonds is 7. The van der Waals surface area contributed by atoms with E-state index in [-0.39, 0.29) is 6.54 Å². The van der Waals surface area contributed by atoms with Gasteiger partial charge >= 0.3 is 11.8 Å². The molecule has 9 heteroatoms. The van der Waals surface area contributed by atoms with Crippen molar-refractivity contribution in [3.63, 3.8) is 0 Å². The van der Waals surface area contributed by atoms with Crippen LogP contribution in [0.5, 0.6) is 17.2 Å². The number of hydrogen-bond donors (Lipinski definition) is 2. The van der Waals surface area contributed by atoms with E-state index in [1.54, 1.807) is 36.4 Å². The molecule has 0 heterocycles. The predicted molar refractivity (Wildman–Crippen MR) is 105 cm³/mol. The summed E-state index contributed by atoms with van der Waals surface area (Å²) in [7, 11) is 4.48. The van der Waals surface area contributed by atoms with Gasteiger partial charge in [0.15, 0.2) is 11.5 Å². The normalized spacial score (nSPS) is 10.4. The molecular formula is C19H20ClN3O5. The van der Waals surface area contributed by atoms with E-state index in [1.165, 1.54) is 27.5 Å². The van der Waals surface area contributed by atoms with Gasteiger partial charge in [-0.1, -0.05) is 23.7 Å². The second-order valence-electron chi connectivity index (χ2n) is 5.47. The third kappa shape index (κ3) is 5.62. The molecule has 0 fully saturated rings. The topological polar surface area (TPSA) is 98.2 Å². The zero-order chi connectivity index (χ0) is 20.5. The molecule has 0 atom stereocenters. The summed E-state index contributed by atoms with van der Waals surface area (Å²) in [5.74, 6) is -0.381. The third-order valence-electron chi connectivity index (χ3n) is 3.64. The molecular weight excluding hydrogens is 386 g/mol. The molecule has 2 N–H and O–H groups in total. The summed E-state index contributed by atoms with van der Waals surface area (Å²) in [5.41, 5.74) is 3.56. The number of hydrazone groups is 1. The number of hydrogen-bond acceptors (Lipinski definition) is 6. The molecule has 0 unspecified atom stereocenters. The van der Waals surface area contributed by atoms with Crippen LogP contribution in [0.4, 0.5) is 0 Å². The molecule has 0 bridgehead atoms. The molecule has 148 valence electrons. The van der Waals surface area contributed by atoms with Gasteiger partial charge in [-0.3, -0.25) is 9.59 Å². The Morgan fingerprint density at radius 2 is 1.61 bits per heavy atom. The van der Waals surface area contributed by atoms with Gasteiger partial charge in [-0.05, 0) is 29.8 Å². The van der Waals surface area contributed by atoms with Gasteiger partial charge in [0.05, 0.1) is 27.5 Å². The molecule has 2 amide bonds. The summed E-state index contributed by atoms with van der Waals surface area (Å²) in [6.45, 7) is 0.194. The summed E-state index contributed by atoms with van der Waals surface area (Å²) >= 11 is 5.80. The molecule has 0 aromatic heterocycles. The first-order valence-electron chi connectivity index (χ1n) is 8.14. The van der Waals surface area contributed by atoms with Crippen molar-refractivity contribution in [2.45, 2.75) is 6.54 Å². The highest BCUT2D eigenvalue weighted by atomic mass is 35.5. The Hall–Kier alpha value is -3.26. The molecule has 2 aromatic carbocycles. The number of amides is 2. The smallest absolute Gasteiger partial charge is 0.329 e. The van der Waals surface area contributed by atoms with E-state index in [9.17, 15) is 9.59 Å². The van der Waals surface area contributed by atoms with Crippen LogP contribution in [0.1, 0.15) is 11.1 Å². The van der Waals surface area contributed by atoms with Crippen molar-refractivity contribution in [2.75, 3.05) is 21.3 Å². The second-order valence-corrected chi connectivity index (χ2v) is 5.90. The Bertz CT molecular complexity index is 843. The maximum Gasteiger partial charge on any atom is 0.329 e. The number of benzene rings is 2. The van der Waals surface area contributed by atoms with E-state index in [2.05, 4.69) is 15.8 Å². The lowest BCUT2D eigenvalue weighted by molar-refractivity contribution is -0.139. The van der Waals surface area contributed by atoms with Crippen LogP contribution >= 0.6 is 11.6 Å². The minimum atomic E-state index is -0.891. The number of nitrogens with zero attached hydrogens (tertiary/aromatic N) is 1. The van der Waals surface area contributed by atoms with Gasteiger partial charge in [0.1, 0.15) is 0 Å². The fourth-order valence-corrected chi connectivity index (χ4v) is 2.38. The molecule has 8 nitrogen and oxygen atoms in total. The van der Waals surface area contributed by atoms with Crippen molar-refractivity contribution in [2.24, 2.45) is 5.10 Å². The number of nitrogens with one attached hydrogen (secondary N) is 2. The van der Waals surface area contributed by atoms with Crippen LogP contribution in [0.3, 0.4) is 0 Å². The van der Waals surface area contributed by atoms with Gasteiger partial charge < -0.3 is 19.5 Å². The lowest BCUT2D eigenvalue weighted by atomic mass is 10.2. The van der Waals surface area contributed by atoms with Crippen LogP contribution in [0.2, 0.25) is 5.02 Å². The summed E-state index contributed by atoms with van der Waals surface area (Å²) in [4.78, 5) is 23.7. The molecule has 0 aliphatic carbocycles. The molecule has 2 aromatic rings. The molecule has 28 heavy (non-hydrogen) atoms. The van der Waals surface area contributed by atoms with Gasteiger partial charge in [0.25, 0.3) is 0 Å². The minimum absolute atomic E-state index is 0.194. The lowest BCUT2D eigenvalue weighted by Gasteiger charge is -2.12. The van der Waals surface area contributed by atoms with Gasteiger partial charge in [-0.15, -0.1) is 0 Å². The van der Waals surface area contributed by atoms with Crippen LogP contribution in [0.15, 0.2) is 41.5 Å². The van der Waals surface area contributed by atoms with E-state index < -0.39 is 11.8 Å². The number of methoxy groups -OCH3 is 3. The first-order chi connectivity index (χ1) is 13.5. The van der Waals surface area contributed by atoms with E-state index in [0.29, 0.717) is 27.8 Å². The van der Waals surface area contributed by atoms with E-state index in [0.717, 1.165) is 5.56 Å². The van der Waals surface area contributed by atoms with Crippen molar-refractivity contribution in [1.82, 2.24) is 10.7 Å². The Kier molecular flexibility index (Phi) is 7.65. The zero-order valence-electron chi connectivity index (χ0n) is 15.6. The highest BCUT2D eigenvalue weighted by Crippen LogP contribution is 2.37. The molecule has 0 saturated heterocycles. The zero-order valence-corrected chi connectivity index (χ0v) is 16.4. The van der Waals surface area contributed by atoms with Crippen LogP contribution < -0.4 is 25.0 Å². The third-order valence-corrected chi connectivity index (χ3v) is 3.89. The van der Waals surface area contributed by atoms with Crippen molar-refractivity contribution >= 4 is 29.6 Å². The van der Waals surface area contributed by atoms with E-state index >= 15 is 0 Å². The van der Waals surface area contributed by atoms with E-state index in [1.807, 2.05) is 0 Å². The van der Waals surface area contributed by atoms with Gasteiger partial charge in [0, 0.05) is 17.1 Å². The Morgan fingerprint density at radius 3 is 2.14 bits per heavy atom. The predicted octanol–water partition coefficient (Wildman–Crippen LogP) is 2.13. The first-order valence-corrected chi connectivity index (χ1v) is 8.52. The second kappa shape index (κ2) is 10.2. The molecule has 2 rings (SSSR count). The molecule has 0 aliphatic heterocycles. The van der Waals surface area contributed by atoms with Gasteiger partial charge in [0.2, 0.25) is 5.75 Å². The summed E-state index contributed by atoms with van der Waals surface area (Å²) < 4.78 is 15.7. The average molecular weight is 406 g/mol.